The van der Waals surface area contributed by atoms with Crippen LogP contribution < -0.4 is 10.2 Å². The molecule has 7 nitrogen and oxygen atoms in total. The Labute approximate surface area is 223 Å². The van der Waals surface area contributed by atoms with E-state index in [0.29, 0.717) is 16.4 Å². The summed E-state index contributed by atoms with van der Waals surface area (Å²) < 4.78 is 0. The first-order valence-electron chi connectivity index (χ1n) is 11.7. The van der Waals surface area contributed by atoms with E-state index in [1.54, 1.807) is 38.4 Å². The van der Waals surface area contributed by atoms with Crippen LogP contribution in [-0.4, -0.2) is 54.3 Å². The molecule has 188 valence electrons. The highest BCUT2D eigenvalue weighted by Gasteiger charge is 2.40. The third-order valence-electron chi connectivity index (χ3n) is 6.28. The number of fused-ring (bicyclic) bond motifs is 2. The summed E-state index contributed by atoms with van der Waals surface area (Å²) in [6.07, 6.45) is 0. The van der Waals surface area contributed by atoms with E-state index in [-0.39, 0.29) is 18.4 Å². The fraction of sp³-hybridized carbons (Fsp3) is 0.179. The molecule has 0 spiro atoms. The fourth-order valence-corrected chi connectivity index (χ4v) is 5.94. The number of carbonyl (C=O) groups is 3. The number of aromatic nitrogens is 1. The molecule has 3 amide bonds. The molecule has 0 aliphatic carbocycles. The molecule has 2 atom stereocenters. The maximum absolute atomic E-state index is 14.2. The molecular weight excluding hydrogens is 508 g/mol. The molecule has 1 aliphatic rings. The van der Waals surface area contributed by atoms with Gasteiger partial charge in [-0.3, -0.25) is 14.4 Å². The van der Waals surface area contributed by atoms with Crippen molar-refractivity contribution in [1.82, 2.24) is 15.2 Å². The molecule has 2 N–H and O–H groups in total. The van der Waals surface area contributed by atoms with Gasteiger partial charge >= 0.3 is 0 Å². The monoisotopic (exact) mass is 532 g/mol. The number of thioether (sulfide) groups is 1. The second kappa shape index (κ2) is 10.3. The Morgan fingerprint density at radius 3 is 2.49 bits per heavy atom. The molecule has 1 aromatic heterocycles. The summed E-state index contributed by atoms with van der Waals surface area (Å²) in [6.45, 7) is -0.165. The Morgan fingerprint density at radius 2 is 1.76 bits per heavy atom. The van der Waals surface area contributed by atoms with Gasteiger partial charge in [0.25, 0.3) is 11.8 Å². The van der Waals surface area contributed by atoms with Gasteiger partial charge in [-0.25, -0.2) is 0 Å². The molecule has 4 aromatic rings. The lowest BCUT2D eigenvalue weighted by atomic mass is 10.0. The van der Waals surface area contributed by atoms with E-state index in [1.807, 2.05) is 54.6 Å². The third kappa shape index (κ3) is 5.08. The molecule has 0 fully saturated rings. The zero-order valence-electron chi connectivity index (χ0n) is 20.3. The predicted octanol–water partition coefficient (Wildman–Crippen LogP) is 4.89. The van der Waals surface area contributed by atoms with Gasteiger partial charge in [0, 0.05) is 34.9 Å². The van der Waals surface area contributed by atoms with Crippen molar-refractivity contribution in [2.75, 3.05) is 25.5 Å². The number of para-hydroxylation sites is 1. The zero-order valence-corrected chi connectivity index (χ0v) is 21.8. The number of carbonyl (C=O) groups excluding carboxylic acids is 3. The SMILES string of the molecule is CN(C)C(=O)CN1C(=O)[C@H](NC(=O)c2cc3ccccc3[nH]2)[C@H](c2ccccc2)Sc2cc(Cl)ccc21. The van der Waals surface area contributed by atoms with Crippen molar-refractivity contribution in [1.29, 1.82) is 0 Å². The first kappa shape index (κ1) is 24.9. The minimum Gasteiger partial charge on any atom is -0.351 e. The van der Waals surface area contributed by atoms with E-state index in [4.69, 9.17) is 11.6 Å². The van der Waals surface area contributed by atoms with Crippen molar-refractivity contribution in [2.45, 2.75) is 16.2 Å². The summed E-state index contributed by atoms with van der Waals surface area (Å²) >= 11 is 7.78. The summed E-state index contributed by atoms with van der Waals surface area (Å²) in [5.74, 6) is -1.01. The maximum Gasteiger partial charge on any atom is 0.268 e. The van der Waals surface area contributed by atoms with Crippen LogP contribution in [0.3, 0.4) is 0 Å². The Balaban J connectivity index is 1.58. The topological polar surface area (TPSA) is 85.5 Å². The van der Waals surface area contributed by atoms with Crippen LogP contribution in [0.5, 0.6) is 0 Å². The largest absolute Gasteiger partial charge is 0.351 e. The van der Waals surface area contributed by atoms with Crippen LogP contribution >= 0.6 is 23.4 Å². The third-order valence-corrected chi connectivity index (χ3v) is 7.90. The van der Waals surface area contributed by atoms with E-state index in [9.17, 15) is 14.4 Å². The smallest absolute Gasteiger partial charge is 0.268 e. The van der Waals surface area contributed by atoms with Crippen LogP contribution in [0, 0.1) is 0 Å². The lowest BCUT2D eigenvalue weighted by molar-refractivity contribution is -0.129. The Kier molecular flexibility index (Phi) is 6.95. The van der Waals surface area contributed by atoms with Crippen LogP contribution in [0.1, 0.15) is 21.3 Å². The Morgan fingerprint density at radius 1 is 1.03 bits per heavy atom. The van der Waals surface area contributed by atoms with Crippen LogP contribution in [-0.2, 0) is 9.59 Å². The number of hydrogen-bond donors (Lipinski definition) is 2. The average molecular weight is 533 g/mol. The molecular formula is C28H25ClN4O3S. The predicted molar refractivity (Wildman–Crippen MR) is 147 cm³/mol. The molecule has 0 bridgehead atoms. The van der Waals surface area contributed by atoms with E-state index < -0.39 is 17.2 Å². The highest BCUT2D eigenvalue weighted by Crippen LogP contribution is 2.46. The van der Waals surface area contributed by atoms with Crippen molar-refractivity contribution in [3.05, 3.63) is 95.1 Å². The second-order valence-corrected chi connectivity index (χ2v) is 10.6. The molecule has 0 radical (unpaired) electrons. The number of likely N-dealkylation sites (N-methyl/N-ethyl adjacent to an activating group) is 1. The Bertz CT molecular complexity index is 1450. The summed E-state index contributed by atoms with van der Waals surface area (Å²) in [5, 5.41) is 3.93. The molecule has 2 heterocycles. The van der Waals surface area contributed by atoms with E-state index in [0.717, 1.165) is 21.4 Å². The molecule has 37 heavy (non-hydrogen) atoms. The van der Waals surface area contributed by atoms with Gasteiger partial charge in [-0.15, -0.1) is 11.8 Å². The van der Waals surface area contributed by atoms with Crippen molar-refractivity contribution in [3.63, 3.8) is 0 Å². The molecule has 0 saturated carbocycles. The van der Waals surface area contributed by atoms with Gasteiger partial charge < -0.3 is 20.1 Å². The first-order valence-corrected chi connectivity index (χ1v) is 13.0. The highest BCUT2D eigenvalue weighted by molar-refractivity contribution is 7.99. The number of anilines is 1. The maximum atomic E-state index is 14.2. The van der Waals surface area contributed by atoms with Crippen molar-refractivity contribution in [2.24, 2.45) is 0 Å². The van der Waals surface area contributed by atoms with Crippen LogP contribution in [0.25, 0.3) is 10.9 Å². The molecule has 9 heteroatoms. The van der Waals surface area contributed by atoms with Crippen LogP contribution in [0.15, 0.2) is 83.8 Å². The van der Waals surface area contributed by atoms with Crippen LogP contribution in [0.2, 0.25) is 5.02 Å². The van der Waals surface area contributed by atoms with Gasteiger partial charge in [0.1, 0.15) is 18.3 Å². The molecule has 0 saturated heterocycles. The van der Waals surface area contributed by atoms with E-state index in [2.05, 4.69) is 10.3 Å². The molecule has 5 rings (SSSR count). The molecule has 3 aromatic carbocycles. The number of benzene rings is 3. The van der Waals surface area contributed by atoms with E-state index >= 15 is 0 Å². The number of aromatic amines is 1. The van der Waals surface area contributed by atoms with Crippen molar-refractivity contribution in [3.8, 4) is 0 Å². The van der Waals surface area contributed by atoms with Gasteiger partial charge in [0.05, 0.1) is 10.9 Å². The highest BCUT2D eigenvalue weighted by atomic mass is 35.5. The minimum absolute atomic E-state index is 0.165. The lowest BCUT2D eigenvalue weighted by Gasteiger charge is -2.29. The van der Waals surface area contributed by atoms with Gasteiger partial charge in [-0.2, -0.15) is 0 Å². The quantitative estimate of drug-likeness (QED) is 0.383. The lowest BCUT2D eigenvalue weighted by Crippen LogP contribution is -2.52. The van der Waals surface area contributed by atoms with E-state index in [1.165, 1.54) is 21.6 Å². The molecule has 1 aliphatic heterocycles. The van der Waals surface area contributed by atoms with Crippen molar-refractivity contribution >= 4 is 57.7 Å². The van der Waals surface area contributed by atoms with Gasteiger partial charge in [-0.05, 0) is 35.9 Å². The number of hydrogen-bond acceptors (Lipinski definition) is 4. The number of halogens is 1. The summed E-state index contributed by atoms with van der Waals surface area (Å²) in [6, 6.07) is 23.2. The standard InChI is InChI=1S/C28H25ClN4O3S/c1-32(2)24(34)16-33-22-13-12-19(29)15-23(22)37-26(17-8-4-3-5-9-17)25(28(33)36)31-27(35)21-14-18-10-6-7-11-20(18)30-21/h3-15,25-26,30H,16H2,1-2H3,(H,31,35)/t25-,26+/m1/s1. The summed E-state index contributed by atoms with van der Waals surface area (Å²) in [7, 11) is 3.29. The minimum atomic E-state index is -0.951. The number of H-pyrrole nitrogens is 1. The summed E-state index contributed by atoms with van der Waals surface area (Å²) in [5.41, 5.74) is 2.63. The van der Waals surface area contributed by atoms with Gasteiger partial charge in [-0.1, -0.05) is 60.1 Å². The first-order chi connectivity index (χ1) is 17.8. The zero-order chi connectivity index (χ0) is 26.1. The van der Waals surface area contributed by atoms with Gasteiger partial charge in [0.15, 0.2) is 0 Å². The number of rotatable bonds is 5. The molecule has 0 unspecified atom stereocenters. The van der Waals surface area contributed by atoms with Crippen LogP contribution in [0.4, 0.5) is 5.69 Å². The van der Waals surface area contributed by atoms with Crippen molar-refractivity contribution < 1.29 is 14.4 Å². The Hall–Kier alpha value is -3.75. The number of nitrogens with zero attached hydrogens (tertiary/aromatic N) is 2. The fourth-order valence-electron chi connectivity index (χ4n) is 4.32. The van der Waals surface area contributed by atoms with Gasteiger partial charge in [0.2, 0.25) is 5.91 Å². The number of nitrogens with one attached hydrogen (secondary N) is 2. The normalized spacial score (nSPS) is 17.3. The number of amides is 3. The second-order valence-electron chi connectivity index (χ2n) is 9.00. The summed E-state index contributed by atoms with van der Waals surface area (Å²) in [4.78, 5) is 47.1. The average Bonchev–Trinajstić information content (AvgIpc) is 3.30.